The molecule has 0 atom stereocenters. The Morgan fingerprint density at radius 2 is 1.85 bits per heavy atom. The van der Waals surface area contributed by atoms with Crippen LogP contribution in [0.25, 0.3) is 0 Å². The quantitative estimate of drug-likeness (QED) is 0.617. The van der Waals surface area contributed by atoms with Gasteiger partial charge in [-0.1, -0.05) is 39.5 Å². The van der Waals surface area contributed by atoms with Gasteiger partial charge in [-0.15, -0.1) is 0 Å². The molecule has 20 heavy (non-hydrogen) atoms. The molecule has 0 amide bonds. The fourth-order valence-corrected chi connectivity index (χ4v) is 2.11. The van der Waals surface area contributed by atoms with Gasteiger partial charge in [0, 0.05) is 12.1 Å². The van der Waals surface area contributed by atoms with E-state index in [2.05, 4.69) is 25.2 Å². The summed E-state index contributed by atoms with van der Waals surface area (Å²) in [4.78, 5) is 0. The van der Waals surface area contributed by atoms with E-state index >= 15 is 0 Å². The molecule has 1 aromatic rings. The van der Waals surface area contributed by atoms with Crippen molar-refractivity contribution in [2.24, 2.45) is 0 Å². The van der Waals surface area contributed by atoms with Crippen LogP contribution in [-0.2, 0) is 6.54 Å². The van der Waals surface area contributed by atoms with Crippen LogP contribution in [0.5, 0.6) is 11.5 Å². The van der Waals surface area contributed by atoms with E-state index in [1.165, 1.54) is 31.2 Å². The third-order valence-electron chi connectivity index (χ3n) is 3.34. The Labute approximate surface area is 123 Å². The van der Waals surface area contributed by atoms with Gasteiger partial charge < -0.3 is 14.8 Å². The predicted molar refractivity (Wildman–Crippen MR) is 84.6 cm³/mol. The molecule has 1 aromatic carbocycles. The van der Waals surface area contributed by atoms with Gasteiger partial charge in [0.25, 0.3) is 0 Å². The van der Waals surface area contributed by atoms with Crippen molar-refractivity contribution >= 4 is 0 Å². The first-order chi connectivity index (χ1) is 9.81. The number of benzene rings is 1. The van der Waals surface area contributed by atoms with Gasteiger partial charge in [-0.05, 0) is 31.2 Å². The van der Waals surface area contributed by atoms with Crippen LogP contribution >= 0.6 is 0 Å². The molecule has 0 aliphatic heterocycles. The maximum absolute atomic E-state index is 5.92. The molecule has 0 saturated carbocycles. The van der Waals surface area contributed by atoms with Crippen LogP contribution < -0.4 is 14.8 Å². The van der Waals surface area contributed by atoms with Crippen LogP contribution in [0, 0.1) is 0 Å². The molecular formula is C17H29NO2. The van der Waals surface area contributed by atoms with E-state index in [1.54, 1.807) is 7.11 Å². The van der Waals surface area contributed by atoms with Crippen molar-refractivity contribution in [1.82, 2.24) is 5.32 Å². The Morgan fingerprint density at radius 3 is 2.55 bits per heavy atom. The van der Waals surface area contributed by atoms with Gasteiger partial charge in [0.15, 0.2) is 0 Å². The van der Waals surface area contributed by atoms with Crippen molar-refractivity contribution in [3.8, 4) is 11.5 Å². The molecule has 0 unspecified atom stereocenters. The summed E-state index contributed by atoms with van der Waals surface area (Å²) < 4.78 is 11.2. The van der Waals surface area contributed by atoms with E-state index in [4.69, 9.17) is 9.47 Å². The van der Waals surface area contributed by atoms with Crippen molar-refractivity contribution in [1.29, 1.82) is 0 Å². The SMILES string of the molecule is CCCCCCCOc1ccc(OC)cc1CNCC. The summed E-state index contributed by atoms with van der Waals surface area (Å²) in [5.41, 5.74) is 1.17. The van der Waals surface area contributed by atoms with E-state index in [-0.39, 0.29) is 0 Å². The maximum Gasteiger partial charge on any atom is 0.124 e. The topological polar surface area (TPSA) is 30.5 Å². The van der Waals surface area contributed by atoms with Crippen LogP contribution in [0.3, 0.4) is 0 Å². The molecule has 0 bridgehead atoms. The second kappa shape index (κ2) is 10.6. The Balaban J connectivity index is 2.45. The molecule has 0 aromatic heterocycles. The summed E-state index contributed by atoms with van der Waals surface area (Å²) in [6, 6.07) is 6.02. The average molecular weight is 279 g/mol. The first-order valence-electron chi connectivity index (χ1n) is 7.82. The zero-order chi connectivity index (χ0) is 14.6. The lowest BCUT2D eigenvalue weighted by molar-refractivity contribution is 0.300. The highest BCUT2D eigenvalue weighted by molar-refractivity contribution is 5.40. The van der Waals surface area contributed by atoms with Gasteiger partial charge in [-0.3, -0.25) is 0 Å². The van der Waals surface area contributed by atoms with E-state index < -0.39 is 0 Å². The number of unbranched alkanes of at least 4 members (excludes halogenated alkanes) is 4. The lowest BCUT2D eigenvalue weighted by Crippen LogP contribution is -2.13. The van der Waals surface area contributed by atoms with Crippen LogP contribution in [0.4, 0.5) is 0 Å². The summed E-state index contributed by atoms with van der Waals surface area (Å²) in [7, 11) is 1.70. The number of ether oxygens (including phenoxy) is 2. The van der Waals surface area contributed by atoms with E-state index in [1.807, 2.05) is 12.1 Å². The normalized spacial score (nSPS) is 10.6. The summed E-state index contributed by atoms with van der Waals surface area (Å²) in [6.45, 7) is 6.91. The van der Waals surface area contributed by atoms with Crippen molar-refractivity contribution in [3.05, 3.63) is 23.8 Å². The third-order valence-corrected chi connectivity index (χ3v) is 3.34. The van der Waals surface area contributed by atoms with Gasteiger partial charge >= 0.3 is 0 Å². The highest BCUT2D eigenvalue weighted by Crippen LogP contribution is 2.24. The zero-order valence-electron chi connectivity index (χ0n) is 13.2. The Morgan fingerprint density at radius 1 is 1.05 bits per heavy atom. The van der Waals surface area contributed by atoms with Gasteiger partial charge in [-0.2, -0.15) is 0 Å². The molecule has 3 nitrogen and oxygen atoms in total. The molecule has 0 fully saturated rings. The molecule has 0 radical (unpaired) electrons. The predicted octanol–water partition coefficient (Wildman–Crippen LogP) is 4.15. The average Bonchev–Trinajstić information content (AvgIpc) is 2.49. The van der Waals surface area contributed by atoms with Crippen molar-refractivity contribution in [3.63, 3.8) is 0 Å². The molecule has 1 N–H and O–H groups in total. The van der Waals surface area contributed by atoms with Gasteiger partial charge in [0.2, 0.25) is 0 Å². The molecule has 0 spiro atoms. The number of rotatable bonds is 11. The van der Waals surface area contributed by atoms with Gasteiger partial charge in [-0.25, -0.2) is 0 Å². The van der Waals surface area contributed by atoms with Crippen LogP contribution in [-0.4, -0.2) is 20.3 Å². The lowest BCUT2D eigenvalue weighted by Gasteiger charge is -2.13. The van der Waals surface area contributed by atoms with Crippen molar-refractivity contribution < 1.29 is 9.47 Å². The minimum absolute atomic E-state index is 0.801. The Hall–Kier alpha value is -1.22. The maximum atomic E-state index is 5.92. The molecular weight excluding hydrogens is 250 g/mol. The molecule has 0 aliphatic carbocycles. The Kier molecular flexibility index (Phi) is 8.88. The standard InChI is InChI=1S/C17H29NO2/c1-4-6-7-8-9-12-20-17-11-10-16(19-3)13-15(17)14-18-5-2/h10-11,13,18H,4-9,12,14H2,1-3H3. The summed E-state index contributed by atoms with van der Waals surface area (Å²) in [6.07, 6.45) is 6.31. The molecule has 1 rings (SSSR count). The Bertz CT molecular complexity index is 366. The largest absolute Gasteiger partial charge is 0.497 e. The number of hydrogen-bond acceptors (Lipinski definition) is 3. The van der Waals surface area contributed by atoms with Crippen molar-refractivity contribution in [2.75, 3.05) is 20.3 Å². The first-order valence-corrected chi connectivity index (χ1v) is 7.82. The van der Waals surface area contributed by atoms with Crippen LogP contribution in [0.2, 0.25) is 0 Å². The first kappa shape index (κ1) is 16.8. The highest BCUT2D eigenvalue weighted by Gasteiger charge is 2.05. The number of nitrogens with one attached hydrogen (secondary N) is 1. The fraction of sp³-hybridized carbons (Fsp3) is 0.647. The molecule has 0 aliphatic rings. The smallest absolute Gasteiger partial charge is 0.124 e. The van der Waals surface area contributed by atoms with E-state index in [9.17, 15) is 0 Å². The second-order valence-electron chi connectivity index (χ2n) is 5.02. The molecule has 3 heteroatoms. The fourth-order valence-electron chi connectivity index (χ4n) is 2.11. The number of hydrogen-bond donors (Lipinski definition) is 1. The monoisotopic (exact) mass is 279 g/mol. The summed E-state index contributed by atoms with van der Waals surface area (Å²) in [5, 5.41) is 3.34. The van der Waals surface area contributed by atoms with Gasteiger partial charge in [0.1, 0.15) is 11.5 Å². The van der Waals surface area contributed by atoms with Crippen molar-refractivity contribution in [2.45, 2.75) is 52.5 Å². The minimum atomic E-state index is 0.801. The zero-order valence-corrected chi connectivity index (χ0v) is 13.2. The molecule has 0 heterocycles. The lowest BCUT2D eigenvalue weighted by atomic mass is 10.1. The summed E-state index contributed by atoms with van der Waals surface area (Å²) >= 11 is 0. The number of methoxy groups -OCH3 is 1. The summed E-state index contributed by atoms with van der Waals surface area (Å²) in [5.74, 6) is 1.86. The van der Waals surface area contributed by atoms with E-state index in [0.717, 1.165) is 37.6 Å². The molecule has 0 saturated heterocycles. The minimum Gasteiger partial charge on any atom is -0.497 e. The highest BCUT2D eigenvalue weighted by atomic mass is 16.5. The second-order valence-corrected chi connectivity index (χ2v) is 5.02. The third kappa shape index (κ3) is 6.29. The van der Waals surface area contributed by atoms with Crippen LogP contribution in [0.15, 0.2) is 18.2 Å². The van der Waals surface area contributed by atoms with Crippen LogP contribution in [0.1, 0.15) is 51.5 Å². The molecule has 114 valence electrons. The van der Waals surface area contributed by atoms with E-state index in [0.29, 0.717) is 0 Å². The van der Waals surface area contributed by atoms with Gasteiger partial charge in [0.05, 0.1) is 13.7 Å².